The van der Waals surface area contributed by atoms with E-state index >= 15 is 0 Å². The number of halogens is 3. The first-order valence-electron chi connectivity index (χ1n) is 7.25. The zero-order chi connectivity index (χ0) is 16.6. The highest BCUT2D eigenvalue weighted by Gasteiger charge is 2.32. The van der Waals surface area contributed by atoms with Crippen molar-refractivity contribution in [3.63, 3.8) is 0 Å². The average Bonchev–Trinajstić information content (AvgIpc) is 2.87. The summed E-state index contributed by atoms with van der Waals surface area (Å²) in [6, 6.07) is 4.96. The van der Waals surface area contributed by atoms with Crippen LogP contribution in [0.25, 0.3) is 0 Å². The van der Waals surface area contributed by atoms with E-state index in [1.54, 1.807) is 10.7 Å². The predicted octanol–water partition coefficient (Wildman–Crippen LogP) is 3.18. The van der Waals surface area contributed by atoms with Crippen LogP contribution in [-0.2, 0) is 17.4 Å². The smallest absolute Gasteiger partial charge is 0.293 e. The molecular weight excluding hydrogens is 309 g/mol. The number of alkyl halides is 3. The summed E-state index contributed by atoms with van der Waals surface area (Å²) in [6.07, 6.45) is -2.21. The molecule has 5 nitrogen and oxygen atoms in total. The molecule has 1 aliphatic rings. The number of hydrogen-bond acceptors (Lipinski definition) is 3. The molecule has 8 heteroatoms. The number of aryl methyl sites for hydroxylation is 1. The summed E-state index contributed by atoms with van der Waals surface area (Å²) in [5, 5.41) is 6.74. The minimum Gasteiger partial charge on any atom is -0.293 e. The molecule has 1 amide bonds. The Kier molecular flexibility index (Phi) is 3.83. The van der Waals surface area contributed by atoms with Gasteiger partial charge >= 0.3 is 6.18 Å². The summed E-state index contributed by atoms with van der Waals surface area (Å²) in [6.45, 7) is 1.35. The molecule has 1 aliphatic heterocycles. The van der Waals surface area contributed by atoms with Crippen LogP contribution in [0.5, 0.6) is 0 Å². The quantitative estimate of drug-likeness (QED) is 0.923. The van der Waals surface area contributed by atoms with Crippen molar-refractivity contribution >= 4 is 11.9 Å². The lowest BCUT2D eigenvalue weighted by Crippen LogP contribution is -2.21. The second kappa shape index (κ2) is 5.68. The molecule has 2 heterocycles. The van der Waals surface area contributed by atoms with E-state index in [-0.39, 0.29) is 17.9 Å². The fourth-order valence-electron chi connectivity index (χ4n) is 2.79. The molecule has 1 unspecified atom stereocenters. The summed E-state index contributed by atoms with van der Waals surface area (Å²) >= 11 is 0. The second-order valence-corrected chi connectivity index (χ2v) is 5.51. The molecule has 1 N–H and O–H groups in total. The van der Waals surface area contributed by atoms with Crippen LogP contribution in [-0.4, -0.2) is 20.7 Å². The third-order valence-corrected chi connectivity index (χ3v) is 3.76. The highest BCUT2D eigenvalue weighted by molar-refractivity contribution is 5.86. The summed E-state index contributed by atoms with van der Waals surface area (Å²) in [7, 11) is 0. The standard InChI is InChI=1S/C15H15F3N4O/c1-9(23)19-14-20-13-7-3-6-12(22(13)21-14)10-4-2-5-11(8-10)15(16,17)18/h2,4-5,8,12H,3,6-7H2,1H3,(H,19,21,23). The number of amides is 1. The first kappa shape index (κ1) is 15.5. The maximum atomic E-state index is 12.9. The SMILES string of the molecule is CC(=O)Nc1nc2n(n1)C(c1cccc(C(F)(F)F)c1)CCC2. The molecule has 1 aromatic heterocycles. The molecular formula is C15H15F3N4O. The Labute approximate surface area is 130 Å². The summed E-state index contributed by atoms with van der Waals surface area (Å²) in [5.41, 5.74) is -0.135. The topological polar surface area (TPSA) is 59.8 Å². The Balaban J connectivity index is 1.97. The molecule has 0 fully saturated rings. The highest BCUT2D eigenvalue weighted by atomic mass is 19.4. The van der Waals surface area contributed by atoms with E-state index in [0.717, 1.165) is 18.6 Å². The van der Waals surface area contributed by atoms with Crippen LogP contribution in [0.1, 0.15) is 42.8 Å². The molecule has 0 radical (unpaired) electrons. The van der Waals surface area contributed by atoms with E-state index in [4.69, 9.17) is 0 Å². The van der Waals surface area contributed by atoms with Crippen LogP contribution < -0.4 is 5.32 Å². The number of carbonyl (C=O) groups excluding carboxylic acids is 1. The Morgan fingerprint density at radius 3 is 2.87 bits per heavy atom. The summed E-state index contributed by atoms with van der Waals surface area (Å²) in [4.78, 5) is 15.3. The number of carbonyl (C=O) groups is 1. The van der Waals surface area contributed by atoms with Gasteiger partial charge in [-0.3, -0.25) is 10.1 Å². The number of nitrogens with one attached hydrogen (secondary N) is 1. The van der Waals surface area contributed by atoms with E-state index in [9.17, 15) is 18.0 Å². The Morgan fingerprint density at radius 2 is 2.17 bits per heavy atom. The van der Waals surface area contributed by atoms with Gasteiger partial charge in [-0.05, 0) is 30.5 Å². The lowest BCUT2D eigenvalue weighted by Gasteiger charge is -2.24. The van der Waals surface area contributed by atoms with Gasteiger partial charge < -0.3 is 0 Å². The maximum Gasteiger partial charge on any atom is 0.416 e. The fourth-order valence-corrected chi connectivity index (χ4v) is 2.79. The second-order valence-electron chi connectivity index (χ2n) is 5.51. The molecule has 0 bridgehead atoms. The molecule has 122 valence electrons. The van der Waals surface area contributed by atoms with Gasteiger partial charge in [0, 0.05) is 13.3 Å². The first-order valence-corrected chi connectivity index (χ1v) is 7.25. The summed E-state index contributed by atoms with van der Waals surface area (Å²) in [5.74, 6) is 0.567. The van der Waals surface area contributed by atoms with Crippen LogP contribution in [0.2, 0.25) is 0 Å². The van der Waals surface area contributed by atoms with Crippen LogP contribution in [0.3, 0.4) is 0 Å². The molecule has 23 heavy (non-hydrogen) atoms. The lowest BCUT2D eigenvalue weighted by molar-refractivity contribution is -0.137. The third-order valence-electron chi connectivity index (χ3n) is 3.76. The van der Waals surface area contributed by atoms with Crippen molar-refractivity contribution in [2.75, 3.05) is 5.32 Å². The maximum absolute atomic E-state index is 12.9. The van der Waals surface area contributed by atoms with Crippen molar-refractivity contribution in [1.29, 1.82) is 0 Å². The molecule has 1 atom stereocenters. The fraction of sp³-hybridized carbons (Fsp3) is 0.400. The van der Waals surface area contributed by atoms with Gasteiger partial charge in [0.25, 0.3) is 0 Å². The van der Waals surface area contributed by atoms with Gasteiger partial charge in [0.1, 0.15) is 5.82 Å². The van der Waals surface area contributed by atoms with Crippen molar-refractivity contribution in [1.82, 2.24) is 14.8 Å². The monoisotopic (exact) mass is 324 g/mol. The van der Waals surface area contributed by atoms with Gasteiger partial charge in [0.15, 0.2) is 0 Å². The zero-order valence-corrected chi connectivity index (χ0v) is 12.4. The van der Waals surface area contributed by atoms with Crippen molar-refractivity contribution in [2.24, 2.45) is 0 Å². The van der Waals surface area contributed by atoms with Crippen LogP contribution in [0, 0.1) is 0 Å². The number of rotatable bonds is 2. The number of anilines is 1. The number of fused-ring (bicyclic) bond motifs is 1. The van der Waals surface area contributed by atoms with E-state index in [1.165, 1.54) is 13.0 Å². The van der Waals surface area contributed by atoms with E-state index in [0.29, 0.717) is 24.2 Å². The highest BCUT2D eigenvalue weighted by Crippen LogP contribution is 2.34. The first-order chi connectivity index (χ1) is 10.8. The van der Waals surface area contributed by atoms with Crippen molar-refractivity contribution in [2.45, 2.75) is 38.4 Å². The van der Waals surface area contributed by atoms with Gasteiger partial charge in [-0.15, -0.1) is 5.10 Å². The number of benzene rings is 1. The molecule has 1 aromatic carbocycles. The van der Waals surface area contributed by atoms with Crippen molar-refractivity contribution in [3.05, 3.63) is 41.2 Å². The molecule has 0 spiro atoms. The average molecular weight is 324 g/mol. The molecule has 0 saturated heterocycles. The van der Waals surface area contributed by atoms with E-state index < -0.39 is 11.7 Å². The number of hydrogen-bond donors (Lipinski definition) is 1. The van der Waals surface area contributed by atoms with Gasteiger partial charge in [-0.25, -0.2) is 4.68 Å². The molecule has 0 saturated carbocycles. The molecule has 3 rings (SSSR count). The van der Waals surface area contributed by atoms with Gasteiger partial charge in [-0.2, -0.15) is 18.2 Å². The van der Waals surface area contributed by atoms with Crippen LogP contribution in [0.15, 0.2) is 24.3 Å². The normalized spacial score (nSPS) is 17.7. The van der Waals surface area contributed by atoms with E-state index in [2.05, 4.69) is 15.4 Å². The van der Waals surface area contributed by atoms with Crippen LogP contribution >= 0.6 is 0 Å². The molecule has 0 aliphatic carbocycles. The number of aromatic nitrogens is 3. The molecule has 2 aromatic rings. The Hall–Kier alpha value is -2.38. The van der Waals surface area contributed by atoms with Gasteiger partial charge in [0.2, 0.25) is 11.9 Å². The summed E-state index contributed by atoms with van der Waals surface area (Å²) < 4.78 is 40.3. The predicted molar refractivity (Wildman–Crippen MR) is 76.8 cm³/mol. The van der Waals surface area contributed by atoms with Crippen molar-refractivity contribution in [3.8, 4) is 0 Å². The Bertz CT molecular complexity index is 739. The number of nitrogens with zero attached hydrogens (tertiary/aromatic N) is 3. The third kappa shape index (κ3) is 3.20. The minimum atomic E-state index is -4.38. The zero-order valence-electron chi connectivity index (χ0n) is 12.4. The largest absolute Gasteiger partial charge is 0.416 e. The van der Waals surface area contributed by atoms with Gasteiger partial charge in [0.05, 0.1) is 11.6 Å². The lowest BCUT2D eigenvalue weighted by atomic mass is 9.96. The minimum absolute atomic E-state index is 0.186. The Morgan fingerprint density at radius 1 is 1.39 bits per heavy atom. The van der Waals surface area contributed by atoms with Crippen molar-refractivity contribution < 1.29 is 18.0 Å². The van der Waals surface area contributed by atoms with Gasteiger partial charge in [-0.1, -0.05) is 12.1 Å². The van der Waals surface area contributed by atoms with Crippen LogP contribution in [0.4, 0.5) is 19.1 Å². The van der Waals surface area contributed by atoms with E-state index in [1.807, 2.05) is 0 Å².